The van der Waals surface area contributed by atoms with E-state index in [9.17, 15) is 0 Å². The van der Waals surface area contributed by atoms with E-state index >= 15 is 0 Å². The third kappa shape index (κ3) is 1.77. The highest BCUT2D eigenvalue weighted by Crippen LogP contribution is 2.12. The normalized spacial score (nSPS) is 17.0. The van der Waals surface area contributed by atoms with Crippen molar-refractivity contribution in [3.05, 3.63) is 30.3 Å². The van der Waals surface area contributed by atoms with Gasteiger partial charge in [-0.1, -0.05) is 18.2 Å². The highest BCUT2D eigenvalue weighted by molar-refractivity contribution is 5.42. The van der Waals surface area contributed by atoms with E-state index in [0.717, 1.165) is 19.8 Å². The summed E-state index contributed by atoms with van der Waals surface area (Å²) in [6.45, 7) is 2.86. The number of para-hydroxylation sites is 1. The van der Waals surface area contributed by atoms with Crippen LogP contribution >= 0.6 is 0 Å². The lowest BCUT2D eigenvalue weighted by atomic mass is 10.1. The molecule has 2 nitrogen and oxygen atoms in total. The van der Waals surface area contributed by atoms with Crippen molar-refractivity contribution in [3.63, 3.8) is 0 Å². The Bertz CT molecular complexity index is 231. The number of rotatable bonds is 3. The van der Waals surface area contributed by atoms with E-state index in [1.165, 1.54) is 5.69 Å². The topological polar surface area (TPSA) is 21.3 Å². The molecule has 12 heavy (non-hydrogen) atoms. The molecule has 1 heterocycles. The van der Waals surface area contributed by atoms with Crippen LogP contribution in [-0.2, 0) is 4.74 Å². The third-order valence-corrected chi connectivity index (χ3v) is 2.08. The smallest absolute Gasteiger partial charge is 0.0533 e. The zero-order chi connectivity index (χ0) is 8.23. The lowest BCUT2D eigenvalue weighted by Gasteiger charge is -2.26. The molecule has 0 atom stereocenters. The molecule has 1 saturated heterocycles. The van der Waals surface area contributed by atoms with Gasteiger partial charge in [0, 0.05) is 18.2 Å². The quantitative estimate of drug-likeness (QED) is 0.733. The minimum absolute atomic E-state index is 0.713. The third-order valence-electron chi connectivity index (χ3n) is 2.08. The summed E-state index contributed by atoms with van der Waals surface area (Å²) in [6.07, 6.45) is 0. The number of nitrogens with one attached hydrogen (secondary N) is 1. The van der Waals surface area contributed by atoms with Gasteiger partial charge >= 0.3 is 0 Å². The van der Waals surface area contributed by atoms with Crippen LogP contribution in [0.3, 0.4) is 0 Å². The summed E-state index contributed by atoms with van der Waals surface area (Å²) >= 11 is 0. The molecule has 2 rings (SSSR count). The second kappa shape index (κ2) is 3.59. The summed E-state index contributed by atoms with van der Waals surface area (Å²) < 4.78 is 5.08. The molecule has 0 amide bonds. The zero-order valence-electron chi connectivity index (χ0n) is 6.99. The molecule has 1 aromatic rings. The van der Waals surface area contributed by atoms with Crippen molar-refractivity contribution in [2.75, 3.05) is 25.1 Å². The Morgan fingerprint density at radius 3 is 2.58 bits per heavy atom. The van der Waals surface area contributed by atoms with E-state index in [1.54, 1.807) is 0 Å². The zero-order valence-corrected chi connectivity index (χ0v) is 6.99. The van der Waals surface area contributed by atoms with E-state index in [2.05, 4.69) is 17.4 Å². The van der Waals surface area contributed by atoms with Gasteiger partial charge in [0.2, 0.25) is 0 Å². The van der Waals surface area contributed by atoms with Crippen LogP contribution in [0.15, 0.2) is 30.3 Å². The minimum Gasteiger partial charge on any atom is -0.385 e. The lowest BCUT2D eigenvalue weighted by Crippen LogP contribution is -2.33. The molecule has 0 aromatic heterocycles. The Morgan fingerprint density at radius 1 is 1.25 bits per heavy atom. The van der Waals surface area contributed by atoms with Crippen LogP contribution in [0, 0.1) is 5.92 Å². The Kier molecular flexibility index (Phi) is 2.28. The average molecular weight is 163 g/mol. The maximum atomic E-state index is 5.08. The van der Waals surface area contributed by atoms with Crippen molar-refractivity contribution in [1.82, 2.24) is 0 Å². The molecule has 64 valence electrons. The van der Waals surface area contributed by atoms with Gasteiger partial charge in [-0.3, -0.25) is 0 Å². The molecule has 0 saturated carbocycles. The van der Waals surface area contributed by atoms with E-state index in [4.69, 9.17) is 4.74 Å². The van der Waals surface area contributed by atoms with Gasteiger partial charge in [-0.2, -0.15) is 0 Å². The van der Waals surface area contributed by atoms with E-state index in [1.807, 2.05) is 18.2 Å². The molecule has 1 N–H and O–H groups in total. The summed E-state index contributed by atoms with van der Waals surface area (Å²) in [5.41, 5.74) is 1.20. The lowest BCUT2D eigenvalue weighted by molar-refractivity contribution is -0.0248. The van der Waals surface area contributed by atoms with E-state index in [-0.39, 0.29) is 0 Å². The van der Waals surface area contributed by atoms with Crippen LogP contribution in [0.5, 0.6) is 0 Å². The van der Waals surface area contributed by atoms with Gasteiger partial charge < -0.3 is 10.1 Å². The highest BCUT2D eigenvalue weighted by atomic mass is 16.5. The summed E-state index contributed by atoms with van der Waals surface area (Å²) in [6, 6.07) is 10.3. The first-order valence-corrected chi connectivity index (χ1v) is 4.32. The molecule has 2 heteroatoms. The van der Waals surface area contributed by atoms with Crippen molar-refractivity contribution in [3.8, 4) is 0 Å². The fourth-order valence-electron chi connectivity index (χ4n) is 1.22. The number of benzene rings is 1. The van der Waals surface area contributed by atoms with Crippen LogP contribution < -0.4 is 5.32 Å². The summed E-state index contributed by atoms with van der Waals surface area (Å²) in [5, 5.41) is 3.37. The van der Waals surface area contributed by atoms with Crippen molar-refractivity contribution < 1.29 is 4.74 Å². The SMILES string of the molecule is c1ccc(NCC2COC2)cc1. The maximum absolute atomic E-state index is 5.08. The Balaban J connectivity index is 1.79. The van der Waals surface area contributed by atoms with Crippen LogP contribution in [0.1, 0.15) is 0 Å². The van der Waals surface area contributed by atoms with Gasteiger partial charge in [-0.25, -0.2) is 0 Å². The molecule has 0 unspecified atom stereocenters. The standard InChI is InChI=1S/C10H13NO/c1-2-4-10(5-3-1)11-6-9-7-12-8-9/h1-5,9,11H,6-8H2. The number of hydrogen-bond donors (Lipinski definition) is 1. The summed E-state index contributed by atoms with van der Waals surface area (Å²) in [7, 11) is 0. The van der Waals surface area contributed by atoms with Gasteiger partial charge in [0.15, 0.2) is 0 Å². The summed E-state index contributed by atoms with van der Waals surface area (Å²) in [5.74, 6) is 0.713. The number of ether oxygens (including phenoxy) is 1. The largest absolute Gasteiger partial charge is 0.385 e. The first-order valence-electron chi connectivity index (χ1n) is 4.32. The first kappa shape index (κ1) is 7.62. The molecule has 0 spiro atoms. The van der Waals surface area contributed by atoms with Crippen LogP contribution in [0.25, 0.3) is 0 Å². The van der Waals surface area contributed by atoms with E-state index in [0.29, 0.717) is 5.92 Å². The van der Waals surface area contributed by atoms with Crippen LogP contribution in [0.2, 0.25) is 0 Å². The van der Waals surface area contributed by atoms with Crippen molar-refractivity contribution in [1.29, 1.82) is 0 Å². The molecular weight excluding hydrogens is 150 g/mol. The summed E-state index contributed by atoms with van der Waals surface area (Å²) in [4.78, 5) is 0. The van der Waals surface area contributed by atoms with Crippen molar-refractivity contribution in [2.24, 2.45) is 5.92 Å². The van der Waals surface area contributed by atoms with Crippen LogP contribution in [-0.4, -0.2) is 19.8 Å². The molecular formula is C10H13NO. The van der Waals surface area contributed by atoms with Crippen molar-refractivity contribution >= 4 is 5.69 Å². The molecule has 1 aliphatic rings. The molecule has 0 aliphatic carbocycles. The van der Waals surface area contributed by atoms with E-state index < -0.39 is 0 Å². The number of hydrogen-bond acceptors (Lipinski definition) is 2. The predicted octanol–water partition coefficient (Wildman–Crippen LogP) is 1.74. The fraction of sp³-hybridized carbons (Fsp3) is 0.400. The second-order valence-corrected chi connectivity index (χ2v) is 3.15. The number of anilines is 1. The van der Waals surface area contributed by atoms with Gasteiger partial charge in [-0.15, -0.1) is 0 Å². The predicted molar refractivity (Wildman–Crippen MR) is 49.2 cm³/mol. The average Bonchev–Trinajstić information content (AvgIpc) is 2.04. The fourth-order valence-corrected chi connectivity index (χ4v) is 1.22. The van der Waals surface area contributed by atoms with Gasteiger partial charge in [-0.05, 0) is 12.1 Å². The van der Waals surface area contributed by atoms with Gasteiger partial charge in [0.1, 0.15) is 0 Å². The molecule has 1 aliphatic heterocycles. The monoisotopic (exact) mass is 163 g/mol. The molecule has 1 fully saturated rings. The second-order valence-electron chi connectivity index (χ2n) is 3.15. The van der Waals surface area contributed by atoms with Gasteiger partial charge in [0.05, 0.1) is 13.2 Å². The minimum atomic E-state index is 0.713. The molecule has 0 radical (unpaired) electrons. The maximum Gasteiger partial charge on any atom is 0.0533 e. The molecule has 1 aromatic carbocycles. The Labute approximate surface area is 72.5 Å². The Hall–Kier alpha value is -1.02. The van der Waals surface area contributed by atoms with Gasteiger partial charge in [0.25, 0.3) is 0 Å². The highest BCUT2D eigenvalue weighted by Gasteiger charge is 2.17. The van der Waals surface area contributed by atoms with Crippen molar-refractivity contribution in [2.45, 2.75) is 0 Å². The first-order chi connectivity index (χ1) is 5.95. The molecule has 0 bridgehead atoms. The Morgan fingerprint density at radius 2 is 2.00 bits per heavy atom. The van der Waals surface area contributed by atoms with Crippen LogP contribution in [0.4, 0.5) is 5.69 Å².